The molecular formula is C72H135NO5. The van der Waals surface area contributed by atoms with Crippen LogP contribution < -0.4 is 5.32 Å². The lowest BCUT2D eigenvalue weighted by Gasteiger charge is -2.20. The first-order valence-electron chi connectivity index (χ1n) is 34.9. The van der Waals surface area contributed by atoms with Gasteiger partial charge in [0.2, 0.25) is 5.91 Å². The molecule has 0 aromatic heterocycles. The molecule has 0 aliphatic rings. The lowest BCUT2D eigenvalue weighted by Crippen LogP contribution is -2.45. The van der Waals surface area contributed by atoms with Crippen LogP contribution in [0.2, 0.25) is 0 Å². The van der Waals surface area contributed by atoms with Gasteiger partial charge in [0.15, 0.2) is 0 Å². The second-order valence-corrected chi connectivity index (χ2v) is 23.9. The maximum Gasteiger partial charge on any atom is 0.305 e. The lowest BCUT2D eigenvalue weighted by atomic mass is 10.0. The van der Waals surface area contributed by atoms with E-state index in [0.717, 1.165) is 51.4 Å². The monoisotopic (exact) mass is 1090 g/mol. The summed E-state index contributed by atoms with van der Waals surface area (Å²) in [4.78, 5) is 24.6. The fourth-order valence-corrected chi connectivity index (χ4v) is 10.7. The minimum absolute atomic E-state index is 0.0113. The highest BCUT2D eigenvalue weighted by atomic mass is 16.5. The Bertz CT molecular complexity index is 1310. The summed E-state index contributed by atoms with van der Waals surface area (Å²) in [5.74, 6) is -0.0571. The molecule has 78 heavy (non-hydrogen) atoms. The molecule has 0 saturated carbocycles. The molecule has 458 valence electrons. The average Bonchev–Trinajstić information content (AvgIpc) is 3.44. The summed E-state index contributed by atoms with van der Waals surface area (Å²) in [5, 5.41) is 23.1. The topological polar surface area (TPSA) is 95.9 Å². The average molecular weight is 1090 g/mol. The molecule has 3 N–H and O–H groups in total. The minimum Gasteiger partial charge on any atom is -0.466 e. The van der Waals surface area contributed by atoms with Gasteiger partial charge in [-0.25, -0.2) is 0 Å². The van der Waals surface area contributed by atoms with Crippen molar-refractivity contribution in [2.75, 3.05) is 13.2 Å². The first-order chi connectivity index (χ1) is 38.5. The number of hydrogen-bond acceptors (Lipinski definition) is 5. The van der Waals surface area contributed by atoms with Crippen molar-refractivity contribution in [1.29, 1.82) is 0 Å². The first-order valence-corrected chi connectivity index (χ1v) is 34.9. The van der Waals surface area contributed by atoms with Gasteiger partial charge < -0.3 is 20.3 Å². The van der Waals surface area contributed by atoms with Crippen molar-refractivity contribution in [3.63, 3.8) is 0 Å². The fourth-order valence-electron chi connectivity index (χ4n) is 10.7. The van der Waals surface area contributed by atoms with Gasteiger partial charge in [0.1, 0.15) is 0 Å². The summed E-state index contributed by atoms with van der Waals surface area (Å²) in [6.07, 6.45) is 87.6. The fraction of sp³-hybridized carbons (Fsp3) is 0.861. The molecule has 6 heteroatoms. The molecule has 0 radical (unpaired) electrons. The van der Waals surface area contributed by atoms with Gasteiger partial charge in [0, 0.05) is 12.8 Å². The number of unbranched alkanes of at least 4 members (excludes halogenated alkanes) is 48. The number of hydrogen-bond donors (Lipinski definition) is 3. The molecule has 0 aliphatic carbocycles. The lowest BCUT2D eigenvalue weighted by molar-refractivity contribution is -0.143. The molecule has 0 fully saturated rings. The molecule has 0 aliphatic heterocycles. The summed E-state index contributed by atoms with van der Waals surface area (Å²) < 4.78 is 5.50. The Balaban J connectivity index is 3.40. The number of rotatable bonds is 65. The van der Waals surface area contributed by atoms with E-state index in [9.17, 15) is 19.8 Å². The molecule has 0 rings (SSSR count). The number of allylic oxidation sites excluding steroid dienone is 7. The summed E-state index contributed by atoms with van der Waals surface area (Å²) >= 11 is 0. The Morgan fingerprint density at radius 1 is 0.359 bits per heavy atom. The highest BCUT2D eigenvalue weighted by Gasteiger charge is 2.18. The highest BCUT2D eigenvalue weighted by molar-refractivity contribution is 5.76. The van der Waals surface area contributed by atoms with Crippen molar-refractivity contribution < 1.29 is 24.5 Å². The molecular weight excluding hydrogens is 959 g/mol. The Hall–Kier alpha value is -2.18. The number of aliphatic hydroxyl groups is 2. The summed E-state index contributed by atoms with van der Waals surface area (Å²) in [7, 11) is 0. The van der Waals surface area contributed by atoms with Gasteiger partial charge in [-0.3, -0.25) is 9.59 Å². The van der Waals surface area contributed by atoms with Crippen molar-refractivity contribution >= 4 is 11.9 Å². The Morgan fingerprint density at radius 2 is 0.641 bits per heavy atom. The van der Waals surface area contributed by atoms with Crippen LogP contribution >= 0.6 is 0 Å². The van der Waals surface area contributed by atoms with Crippen LogP contribution in [0.1, 0.15) is 373 Å². The van der Waals surface area contributed by atoms with Gasteiger partial charge >= 0.3 is 5.97 Å². The molecule has 1 amide bonds. The van der Waals surface area contributed by atoms with Gasteiger partial charge in [-0.1, -0.05) is 319 Å². The quantitative estimate of drug-likeness (QED) is 0.0320. The van der Waals surface area contributed by atoms with Crippen LogP contribution in [0.3, 0.4) is 0 Å². The number of ether oxygens (including phenoxy) is 1. The third-order valence-electron chi connectivity index (χ3n) is 16.1. The second kappa shape index (κ2) is 67.3. The summed E-state index contributed by atoms with van der Waals surface area (Å²) in [6.45, 7) is 4.91. The number of carbonyl (C=O) groups excluding carboxylic acids is 2. The van der Waals surface area contributed by atoms with E-state index in [1.165, 1.54) is 295 Å². The van der Waals surface area contributed by atoms with E-state index in [-0.39, 0.29) is 18.5 Å². The predicted octanol–water partition coefficient (Wildman–Crippen LogP) is 22.5. The third-order valence-corrected chi connectivity index (χ3v) is 16.1. The Labute approximate surface area is 486 Å². The molecule has 0 aromatic rings. The van der Waals surface area contributed by atoms with Gasteiger partial charge in [-0.15, -0.1) is 0 Å². The molecule has 2 atom stereocenters. The largest absolute Gasteiger partial charge is 0.466 e. The standard InChI is InChI=1S/C72H135NO5/c1-3-5-7-9-11-13-15-17-18-19-31-35-38-42-46-50-54-58-62-66-72(77)78-67-63-59-55-51-47-43-39-36-33-30-28-26-24-22-20-21-23-25-27-29-32-34-37-41-45-49-53-57-61-65-71(76)73-69(68-74)70(75)64-60-56-52-48-44-40-16-14-12-10-8-6-4-2/h17-18,20,22,26,28,60,64,69-70,74-75H,3-16,19,21,23-25,27,29-59,61-63,65-68H2,1-2H3,(H,73,76)/b18-17-,22-20-,28-26-,64-60+. The zero-order valence-electron chi connectivity index (χ0n) is 52.4. The smallest absolute Gasteiger partial charge is 0.305 e. The van der Waals surface area contributed by atoms with Crippen LogP contribution in [-0.2, 0) is 14.3 Å². The van der Waals surface area contributed by atoms with E-state index in [2.05, 4.69) is 55.6 Å². The van der Waals surface area contributed by atoms with Crippen molar-refractivity contribution in [3.05, 3.63) is 48.6 Å². The number of carbonyl (C=O) groups is 2. The van der Waals surface area contributed by atoms with E-state index in [4.69, 9.17) is 4.74 Å². The molecule has 0 aromatic carbocycles. The van der Waals surface area contributed by atoms with Gasteiger partial charge in [-0.05, 0) is 89.9 Å². The number of amides is 1. The van der Waals surface area contributed by atoms with Gasteiger partial charge in [0.25, 0.3) is 0 Å². The van der Waals surface area contributed by atoms with Crippen molar-refractivity contribution in [3.8, 4) is 0 Å². The number of aliphatic hydroxyl groups excluding tert-OH is 2. The van der Waals surface area contributed by atoms with E-state index >= 15 is 0 Å². The molecule has 0 heterocycles. The number of nitrogens with one attached hydrogen (secondary N) is 1. The molecule has 2 unspecified atom stereocenters. The number of esters is 1. The van der Waals surface area contributed by atoms with Crippen LogP contribution in [0.15, 0.2) is 48.6 Å². The van der Waals surface area contributed by atoms with E-state index in [1.54, 1.807) is 6.08 Å². The molecule has 0 bridgehead atoms. The normalized spacial score (nSPS) is 12.8. The molecule has 6 nitrogen and oxygen atoms in total. The highest BCUT2D eigenvalue weighted by Crippen LogP contribution is 2.18. The van der Waals surface area contributed by atoms with E-state index in [0.29, 0.717) is 19.4 Å². The maximum atomic E-state index is 12.5. The maximum absolute atomic E-state index is 12.5. The molecule has 0 saturated heterocycles. The molecule has 0 spiro atoms. The van der Waals surface area contributed by atoms with Crippen LogP contribution in [0, 0.1) is 0 Å². The van der Waals surface area contributed by atoms with Gasteiger partial charge in [-0.2, -0.15) is 0 Å². The Morgan fingerprint density at radius 3 is 0.987 bits per heavy atom. The van der Waals surface area contributed by atoms with Crippen LogP contribution in [0.5, 0.6) is 0 Å². The van der Waals surface area contributed by atoms with Crippen molar-refractivity contribution in [2.24, 2.45) is 0 Å². The summed E-state index contributed by atoms with van der Waals surface area (Å²) in [6, 6.07) is -0.629. The first kappa shape index (κ1) is 75.8. The van der Waals surface area contributed by atoms with Crippen molar-refractivity contribution in [2.45, 2.75) is 386 Å². The van der Waals surface area contributed by atoms with E-state index < -0.39 is 12.1 Å². The summed E-state index contributed by atoms with van der Waals surface area (Å²) in [5.41, 5.74) is 0. The zero-order chi connectivity index (χ0) is 56.4. The van der Waals surface area contributed by atoms with Crippen molar-refractivity contribution in [1.82, 2.24) is 5.32 Å². The van der Waals surface area contributed by atoms with Crippen LogP contribution in [-0.4, -0.2) is 47.4 Å². The van der Waals surface area contributed by atoms with Gasteiger partial charge in [0.05, 0.1) is 25.4 Å². The third kappa shape index (κ3) is 63.0. The van der Waals surface area contributed by atoms with Crippen LogP contribution in [0.25, 0.3) is 0 Å². The second-order valence-electron chi connectivity index (χ2n) is 23.9. The zero-order valence-corrected chi connectivity index (χ0v) is 52.4. The SMILES string of the molecule is CCCCCCCC/C=C\CCCCCCCCCCCC(=O)OCCCCCCCCCCC/C=C\C/C=C\CCCCCCCCCCCCCCCC(=O)NC(CO)C(O)/C=C/CCCCCCCCCCCCC. The minimum atomic E-state index is -0.845. The Kier molecular flexibility index (Phi) is 65.4. The van der Waals surface area contributed by atoms with Crippen LogP contribution in [0.4, 0.5) is 0 Å². The predicted molar refractivity (Wildman–Crippen MR) is 342 cm³/mol. The van der Waals surface area contributed by atoms with E-state index in [1.807, 2.05) is 6.08 Å².